The van der Waals surface area contributed by atoms with E-state index in [2.05, 4.69) is 15.7 Å². The number of carbonyl (C=O) groups is 2. The van der Waals surface area contributed by atoms with E-state index in [0.29, 0.717) is 23.4 Å². The lowest BCUT2D eigenvalue weighted by molar-refractivity contribution is -0.384. The first-order valence-electron chi connectivity index (χ1n) is 9.85. The summed E-state index contributed by atoms with van der Waals surface area (Å²) in [5.74, 6) is -0.582. The Balaban J connectivity index is 1.90. The summed E-state index contributed by atoms with van der Waals surface area (Å²) in [5, 5.41) is 20.9. The number of likely N-dealkylation sites (N-methyl/N-ethyl adjacent to an activating group) is 1. The molecule has 31 heavy (non-hydrogen) atoms. The molecule has 0 fully saturated rings. The smallest absolute Gasteiger partial charge is 0.269 e. The molecule has 0 bridgehead atoms. The minimum Gasteiger partial charge on any atom is -0.355 e. The molecule has 9 heteroatoms. The summed E-state index contributed by atoms with van der Waals surface area (Å²) in [6.45, 7) is 3.90. The van der Waals surface area contributed by atoms with Crippen LogP contribution >= 0.6 is 0 Å². The van der Waals surface area contributed by atoms with Crippen LogP contribution in [0.25, 0.3) is 16.9 Å². The van der Waals surface area contributed by atoms with Crippen molar-refractivity contribution in [3.05, 3.63) is 76.5 Å². The first-order chi connectivity index (χ1) is 14.9. The van der Waals surface area contributed by atoms with Crippen molar-refractivity contribution in [3.8, 4) is 16.9 Å². The van der Waals surface area contributed by atoms with Gasteiger partial charge in [-0.15, -0.1) is 0 Å². The lowest BCUT2D eigenvalue weighted by Gasteiger charge is -2.13. The molecule has 0 spiro atoms. The third-order valence-corrected chi connectivity index (χ3v) is 4.64. The summed E-state index contributed by atoms with van der Waals surface area (Å²) < 4.78 is 1.66. The largest absolute Gasteiger partial charge is 0.355 e. The summed E-state index contributed by atoms with van der Waals surface area (Å²) in [6.07, 6.45) is 1.76. The molecule has 0 saturated heterocycles. The second-order valence-electron chi connectivity index (χ2n) is 6.95. The first kappa shape index (κ1) is 21.7. The number of non-ortho nitro benzene ring substituents is 1. The van der Waals surface area contributed by atoms with Crippen LogP contribution < -0.4 is 10.6 Å². The number of para-hydroxylation sites is 1. The molecular formula is C22H23N5O4. The predicted molar refractivity (Wildman–Crippen MR) is 116 cm³/mol. The number of benzene rings is 2. The molecular weight excluding hydrogens is 398 g/mol. The standard InChI is InChI=1S/C22H23N5O4/c1-3-23-22(29)15(2)24-20(28)13-17-14-26(18-7-5-4-6-8-18)25-21(17)16-9-11-19(12-10-16)27(30)31/h4-12,14-15H,3,13H2,1-2H3,(H,23,29)(H,24,28)/t15-/m0/s1. The summed E-state index contributed by atoms with van der Waals surface area (Å²) in [4.78, 5) is 35.0. The number of nitro benzene ring substituents is 1. The maximum Gasteiger partial charge on any atom is 0.269 e. The van der Waals surface area contributed by atoms with Crippen molar-refractivity contribution in [1.82, 2.24) is 20.4 Å². The molecule has 3 aromatic rings. The van der Waals surface area contributed by atoms with Gasteiger partial charge in [0.2, 0.25) is 11.8 Å². The third-order valence-electron chi connectivity index (χ3n) is 4.64. The topological polar surface area (TPSA) is 119 Å². The van der Waals surface area contributed by atoms with E-state index in [1.165, 1.54) is 12.1 Å². The Morgan fingerprint density at radius 2 is 1.81 bits per heavy atom. The number of nitrogens with zero attached hydrogens (tertiary/aromatic N) is 3. The average Bonchev–Trinajstić information content (AvgIpc) is 3.18. The predicted octanol–water partition coefficient (Wildman–Crippen LogP) is 2.63. The molecule has 1 heterocycles. The fourth-order valence-electron chi connectivity index (χ4n) is 3.09. The van der Waals surface area contributed by atoms with E-state index in [9.17, 15) is 19.7 Å². The van der Waals surface area contributed by atoms with Crippen LogP contribution in [0.2, 0.25) is 0 Å². The third kappa shape index (κ3) is 5.33. The molecule has 3 rings (SSSR count). The molecule has 9 nitrogen and oxygen atoms in total. The molecule has 2 amide bonds. The summed E-state index contributed by atoms with van der Waals surface area (Å²) in [6, 6.07) is 14.8. The highest BCUT2D eigenvalue weighted by molar-refractivity contribution is 5.88. The molecule has 0 unspecified atom stereocenters. The van der Waals surface area contributed by atoms with Crippen LogP contribution in [0.1, 0.15) is 19.4 Å². The Morgan fingerprint density at radius 1 is 1.13 bits per heavy atom. The normalized spacial score (nSPS) is 11.5. The Morgan fingerprint density at radius 3 is 2.42 bits per heavy atom. The Bertz CT molecular complexity index is 1080. The van der Waals surface area contributed by atoms with Crippen LogP contribution in [0.3, 0.4) is 0 Å². The van der Waals surface area contributed by atoms with Gasteiger partial charge < -0.3 is 10.6 Å². The number of hydrogen-bond acceptors (Lipinski definition) is 5. The van der Waals surface area contributed by atoms with Crippen LogP contribution in [0.4, 0.5) is 5.69 Å². The van der Waals surface area contributed by atoms with Gasteiger partial charge in [0.05, 0.1) is 22.7 Å². The Kier molecular flexibility index (Phi) is 6.76. The Hall–Kier alpha value is -4.01. The highest BCUT2D eigenvalue weighted by Crippen LogP contribution is 2.26. The second kappa shape index (κ2) is 9.66. The number of nitro groups is 1. The maximum atomic E-state index is 12.6. The van der Waals surface area contributed by atoms with E-state index >= 15 is 0 Å². The van der Waals surface area contributed by atoms with Crippen molar-refractivity contribution in [1.29, 1.82) is 0 Å². The van der Waals surface area contributed by atoms with Crippen molar-refractivity contribution in [2.45, 2.75) is 26.3 Å². The molecule has 160 valence electrons. The van der Waals surface area contributed by atoms with Crippen molar-refractivity contribution in [3.63, 3.8) is 0 Å². The fourth-order valence-corrected chi connectivity index (χ4v) is 3.09. The zero-order valence-electron chi connectivity index (χ0n) is 17.2. The fraction of sp³-hybridized carbons (Fsp3) is 0.227. The van der Waals surface area contributed by atoms with Gasteiger partial charge >= 0.3 is 0 Å². The molecule has 2 aromatic carbocycles. The van der Waals surface area contributed by atoms with Crippen LogP contribution in [0.15, 0.2) is 60.8 Å². The van der Waals surface area contributed by atoms with Crippen molar-refractivity contribution in [2.24, 2.45) is 0 Å². The molecule has 0 radical (unpaired) electrons. The average molecular weight is 421 g/mol. The minimum atomic E-state index is -0.667. The molecule has 0 aliphatic carbocycles. The van der Waals surface area contributed by atoms with E-state index < -0.39 is 11.0 Å². The highest BCUT2D eigenvalue weighted by Gasteiger charge is 2.19. The number of carbonyl (C=O) groups excluding carboxylic acids is 2. The Labute approximate surface area is 179 Å². The van der Waals surface area contributed by atoms with Gasteiger partial charge in [0, 0.05) is 36.0 Å². The van der Waals surface area contributed by atoms with E-state index in [1.807, 2.05) is 30.3 Å². The zero-order valence-corrected chi connectivity index (χ0v) is 17.2. The lowest BCUT2D eigenvalue weighted by atomic mass is 10.1. The van der Waals surface area contributed by atoms with E-state index in [0.717, 1.165) is 5.69 Å². The van der Waals surface area contributed by atoms with Crippen LogP contribution in [-0.4, -0.2) is 39.1 Å². The number of rotatable bonds is 8. The van der Waals surface area contributed by atoms with Gasteiger partial charge in [-0.3, -0.25) is 19.7 Å². The van der Waals surface area contributed by atoms with E-state index in [1.54, 1.807) is 36.9 Å². The molecule has 0 saturated carbocycles. The number of nitrogens with one attached hydrogen (secondary N) is 2. The quantitative estimate of drug-likeness (QED) is 0.428. The highest BCUT2D eigenvalue weighted by atomic mass is 16.6. The van der Waals surface area contributed by atoms with Gasteiger partial charge in [0.25, 0.3) is 5.69 Å². The zero-order chi connectivity index (χ0) is 22.4. The monoisotopic (exact) mass is 421 g/mol. The summed E-state index contributed by atoms with van der Waals surface area (Å²) in [7, 11) is 0. The van der Waals surface area contributed by atoms with Gasteiger partial charge in [-0.1, -0.05) is 18.2 Å². The SMILES string of the molecule is CCNC(=O)[C@H](C)NC(=O)Cc1cn(-c2ccccc2)nc1-c1ccc([N+](=O)[O-])cc1. The molecule has 0 aliphatic heterocycles. The minimum absolute atomic E-state index is 0.00288. The molecule has 1 aromatic heterocycles. The number of aromatic nitrogens is 2. The van der Waals surface area contributed by atoms with E-state index in [-0.39, 0.29) is 23.9 Å². The first-order valence-corrected chi connectivity index (χ1v) is 9.85. The van der Waals surface area contributed by atoms with Crippen LogP contribution in [0.5, 0.6) is 0 Å². The summed E-state index contributed by atoms with van der Waals surface area (Å²) in [5.41, 5.74) is 2.62. The number of amides is 2. The maximum absolute atomic E-state index is 12.6. The molecule has 1 atom stereocenters. The van der Waals surface area contributed by atoms with Gasteiger partial charge in [-0.2, -0.15) is 5.10 Å². The van der Waals surface area contributed by atoms with Crippen molar-refractivity contribution in [2.75, 3.05) is 6.54 Å². The molecule has 2 N–H and O–H groups in total. The van der Waals surface area contributed by atoms with Crippen molar-refractivity contribution >= 4 is 17.5 Å². The number of hydrogen-bond donors (Lipinski definition) is 2. The van der Waals surface area contributed by atoms with Crippen LogP contribution in [-0.2, 0) is 16.0 Å². The second-order valence-corrected chi connectivity index (χ2v) is 6.95. The lowest BCUT2D eigenvalue weighted by Crippen LogP contribution is -2.45. The molecule has 0 aliphatic rings. The van der Waals surface area contributed by atoms with Gasteiger partial charge in [-0.05, 0) is 38.1 Å². The van der Waals surface area contributed by atoms with E-state index in [4.69, 9.17) is 0 Å². The van der Waals surface area contributed by atoms with Crippen LogP contribution in [0, 0.1) is 10.1 Å². The van der Waals surface area contributed by atoms with Gasteiger partial charge in [-0.25, -0.2) is 4.68 Å². The van der Waals surface area contributed by atoms with Gasteiger partial charge in [0.1, 0.15) is 6.04 Å². The summed E-state index contributed by atoms with van der Waals surface area (Å²) >= 11 is 0. The van der Waals surface area contributed by atoms with Gasteiger partial charge in [0.15, 0.2) is 0 Å². The van der Waals surface area contributed by atoms with Crippen molar-refractivity contribution < 1.29 is 14.5 Å².